The number of hydrogen-bond acceptors (Lipinski definition) is 3. The Labute approximate surface area is 133 Å². The second-order valence-electron chi connectivity index (χ2n) is 7.55. The van der Waals surface area contributed by atoms with E-state index in [1.165, 1.54) is 25.7 Å². The third-order valence-electron chi connectivity index (χ3n) is 5.76. The topological polar surface area (TPSA) is 44.8 Å². The lowest BCUT2D eigenvalue weighted by molar-refractivity contribution is 0.0291. The molecule has 0 unspecified atom stereocenters. The predicted octanol–water partition coefficient (Wildman–Crippen LogP) is 1.68. The van der Waals surface area contributed by atoms with Gasteiger partial charge in [0, 0.05) is 38.3 Å². The summed E-state index contributed by atoms with van der Waals surface area (Å²) in [6, 6.07) is 1.08. The molecule has 2 aliphatic heterocycles. The van der Waals surface area contributed by atoms with Crippen molar-refractivity contribution < 1.29 is 9.53 Å². The minimum atomic E-state index is 0.208. The molecule has 0 radical (unpaired) electrons. The minimum Gasteiger partial charge on any atom is -0.379 e. The molecule has 0 spiro atoms. The van der Waals surface area contributed by atoms with E-state index >= 15 is 0 Å². The Kier molecular flexibility index (Phi) is 4.27. The smallest absolute Gasteiger partial charge is 0.317 e. The molecule has 1 atom stereocenters. The van der Waals surface area contributed by atoms with Crippen LogP contribution in [0.1, 0.15) is 38.5 Å². The Balaban J connectivity index is 1.32. The van der Waals surface area contributed by atoms with Crippen LogP contribution in [0.15, 0.2) is 0 Å². The fourth-order valence-electron chi connectivity index (χ4n) is 4.13. The highest BCUT2D eigenvalue weighted by atomic mass is 16.5. The maximum atomic E-state index is 12.7. The molecular formula is C17H29N3O2. The van der Waals surface area contributed by atoms with Gasteiger partial charge in [-0.05, 0) is 50.4 Å². The maximum absolute atomic E-state index is 12.7. The van der Waals surface area contributed by atoms with E-state index in [9.17, 15) is 4.79 Å². The second kappa shape index (κ2) is 6.36. The predicted molar refractivity (Wildman–Crippen MR) is 84.8 cm³/mol. The lowest BCUT2D eigenvalue weighted by Gasteiger charge is -2.33. The molecule has 2 amide bonds. The fourth-order valence-corrected chi connectivity index (χ4v) is 4.13. The number of urea groups is 1. The second-order valence-corrected chi connectivity index (χ2v) is 7.55. The van der Waals surface area contributed by atoms with E-state index in [2.05, 4.69) is 15.1 Å². The molecule has 4 fully saturated rings. The molecular weight excluding hydrogens is 278 g/mol. The summed E-state index contributed by atoms with van der Waals surface area (Å²) in [4.78, 5) is 17.3. The summed E-state index contributed by atoms with van der Waals surface area (Å²) in [5.41, 5.74) is 0. The maximum Gasteiger partial charge on any atom is 0.317 e. The van der Waals surface area contributed by atoms with Crippen LogP contribution in [0.4, 0.5) is 4.79 Å². The van der Waals surface area contributed by atoms with Crippen molar-refractivity contribution in [2.75, 3.05) is 39.4 Å². The lowest BCUT2D eigenvalue weighted by atomic mass is 10.1. The monoisotopic (exact) mass is 307 g/mol. The number of ether oxygens (including phenoxy) is 1. The van der Waals surface area contributed by atoms with Gasteiger partial charge in [0.05, 0.1) is 13.2 Å². The molecule has 4 rings (SSSR count). The van der Waals surface area contributed by atoms with Gasteiger partial charge in [-0.15, -0.1) is 0 Å². The van der Waals surface area contributed by atoms with Crippen molar-refractivity contribution in [1.29, 1.82) is 0 Å². The average molecular weight is 307 g/mol. The fraction of sp³-hybridized carbons (Fsp3) is 0.941. The summed E-state index contributed by atoms with van der Waals surface area (Å²) < 4.78 is 5.42. The highest BCUT2D eigenvalue weighted by Crippen LogP contribution is 2.44. The first-order valence-electron chi connectivity index (χ1n) is 9.18. The summed E-state index contributed by atoms with van der Waals surface area (Å²) in [6.45, 7) is 5.66. The first-order valence-corrected chi connectivity index (χ1v) is 9.18. The number of rotatable bonds is 5. The van der Waals surface area contributed by atoms with E-state index in [0.29, 0.717) is 12.1 Å². The number of hydrogen-bond donors (Lipinski definition) is 1. The summed E-state index contributed by atoms with van der Waals surface area (Å²) in [5.74, 6) is 1.55. The van der Waals surface area contributed by atoms with Gasteiger partial charge in [-0.2, -0.15) is 0 Å². The van der Waals surface area contributed by atoms with E-state index < -0.39 is 0 Å². The van der Waals surface area contributed by atoms with Gasteiger partial charge in [-0.25, -0.2) is 4.79 Å². The number of likely N-dealkylation sites (tertiary alicyclic amines) is 1. The van der Waals surface area contributed by atoms with Crippen LogP contribution in [0.3, 0.4) is 0 Å². The molecule has 4 aliphatic rings. The molecule has 1 N–H and O–H groups in total. The molecule has 124 valence electrons. The van der Waals surface area contributed by atoms with E-state index in [-0.39, 0.29) is 6.03 Å². The normalized spacial score (nSPS) is 30.0. The molecule has 0 aromatic rings. The first kappa shape index (κ1) is 14.8. The Morgan fingerprint density at radius 3 is 2.36 bits per heavy atom. The zero-order valence-electron chi connectivity index (χ0n) is 13.5. The van der Waals surface area contributed by atoms with Gasteiger partial charge >= 0.3 is 6.03 Å². The van der Waals surface area contributed by atoms with Crippen LogP contribution >= 0.6 is 0 Å². The van der Waals surface area contributed by atoms with E-state index in [4.69, 9.17) is 4.74 Å². The van der Waals surface area contributed by atoms with Crippen LogP contribution in [0.25, 0.3) is 0 Å². The average Bonchev–Trinajstić information content (AvgIpc) is 3.45. The third kappa shape index (κ3) is 3.40. The molecule has 0 aromatic carbocycles. The summed E-state index contributed by atoms with van der Waals surface area (Å²) in [7, 11) is 0. The first-order chi connectivity index (χ1) is 10.8. The standard InChI is InChI=1S/C17H29N3O2/c21-17(18-16(13-3-4-13)14-5-6-14)20-7-1-2-15(20)12-19-8-10-22-11-9-19/h13-16H,1-12H2,(H,18,21)/t15-/m0/s1. The summed E-state index contributed by atoms with van der Waals surface area (Å²) in [5, 5.41) is 3.39. The third-order valence-corrected chi connectivity index (χ3v) is 5.76. The molecule has 0 bridgehead atoms. The van der Waals surface area contributed by atoms with Crippen molar-refractivity contribution in [3.05, 3.63) is 0 Å². The Morgan fingerprint density at radius 2 is 1.73 bits per heavy atom. The van der Waals surface area contributed by atoms with Gasteiger partial charge in [0.15, 0.2) is 0 Å². The molecule has 5 heteroatoms. The largest absolute Gasteiger partial charge is 0.379 e. The zero-order chi connectivity index (χ0) is 14.9. The van der Waals surface area contributed by atoms with Crippen LogP contribution in [0.2, 0.25) is 0 Å². The van der Waals surface area contributed by atoms with Crippen molar-refractivity contribution in [3.8, 4) is 0 Å². The molecule has 5 nitrogen and oxygen atoms in total. The van der Waals surface area contributed by atoms with E-state index in [1.54, 1.807) is 0 Å². The highest BCUT2D eigenvalue weighted by molar-refractivity contribution is 5.75. The number of nitrogens with zero attached hydrogens (tertiary/aromatic N) is 2. The highest BCUT2D eigenvalue weighted by Gasteiger charge is 2.43. The molecule has 2 saturated heterocycles. The lowest BCUT2D eigenvalue weighted by Crippen LogP contribution is -2.52. The van der Waals surface area contributed by atoms with Crippen LogP contribution in [0.5, 0.6) is 0 Å². The number of morpholine rings is 1. The molecule has 2 aliphatic carbocycles. The van der Waals surface area contributed by atoms with Crippen molar-refractivity contribution in [2.24, 2.45) is 11.8 Å². The summed E-state index contributed by atoms with van der Waals surface area (Å²) >= 11 is 0. The van der Waals surface area contributed by atoms with Crippen molar-refractivity contribution >= 4 is 6.03 Å². The number of nitrogens with one attached hydrogen (secondary N) is 1. The molecule has 22 heavy (non-hydrogen) atoms. The van der Waals surface area contributed by atoms with Gasteiger partial charge in [0.25, 0.3) is 0 Å². The van der Waals surface area contributed by atoms with Gasteiger partial charge in [0.2, 0.25) is 0 Å². The van der Waals surface area contributed by atoms with Crippen LogP contribution in [0, 0.1) is 11.8 Å². The SMILES string of the molecule is O=C(NC(C1CC1)C1CC1)N1CCC[C@H]1CN1CCOCC1. The molecule has 2 heterocycles. The quantitative estimate of drug-likeness (QED) is 0.840. The Hall–Kier alpha value is -0.810. The summed E-state index contributed by atoms with van der Waals surface area (Å²) in [6.07, 6.45) is 7.58. The van der Waals surface area contributed by atoms with E-state index in [1.807, 2.05) is 0 Å². The molecule has 2 saturated carbocycles. The van der Waals surface area contributed by atoms with Gasteiger partial charge in [-0.3, -0.25) is 4.90 Å². The molecule has 0 aromatic heterocycles. The van der Waals surface area contributed by atoms with Gasteiger partial charge < -0.3 is 15.0 Å². The van der Waals surface area contributed by atoms with Gasteiger partial charge in [-0.1, -0.05) is 0 Å². The Bertz CT molecular complexity index is 391. The number of amides is 2. The minimum absolute atomic E-state index is 0.208. The Morgan fingerprint density at radius 1 is 1.05 bits per heavy atom. The zero-order valence-corrected chi connectivity index (χ0v) is 13.5. The van der Waals surface area contributed by atoms with Crippen molar-refractivity contribution in [3.63, 3.8) is 0 Å². The van der Waals surface area contributed by atoms with Crippen LogP contribution < -0.4 is 5.32 Å². The van der Waals surface area contributed by atoms with Crippen LogP contribution in [-0.2, 0) is 4.74 Å². The van der Waals surface area contributed by atoms with Crippen molar-refractivity contribution in [2.45, 2.75) is 50.6 Å². The van der Waals surface area contributed by atoms with Crippen molar-refractivity contribution in [1.82, 2.24) is 15.1 Å². The van der Waals surface area contributed by atoms with Crippen LogP contribution in [-0.4, -0.2) is 67.3 Å². The number of carbonyl (C=O) groups is 1. The van der Waals surface area contributed by atoms with Gasteiger partial charge in [0.1, 0.15) is 0 Å². The number of carbonyl (C=O) groups excluding carboxylic acids is 1. The van der Waals surface area contributed by atoms with E-state index in [0.717, 1.165) is 64.1 Å².